The van der Waals surface area contributed by atoms with Crippen molar-refractivity contribution < 1.29 is 9.53 Å². The Morgan fingerprint density at radius 3 is 2.64 bits per heavy atom. The predicted octanol–water partition coefficient (Wildman–Crippen LogP) is 6.02. The van der Waals surface area contributed by atoms with Gasteiger partial charge in [0.05, 0.1) is 17.6 Å². The summed E-state index contributed by atoms with van der Waals surface area (Å²) in [6.07, 6.45) is 0.456. The van der Waals surface area contributed by atoms with E-state index in [2.05, 4.69) is 46.5 Å². The topological polar surface area (TPSA) is 47.4 Å². The minimum absolute atomic E-state index is 0.0363. The molecule has 1 amide bonds. The minimum atomic E-state index is 0.0363. The molecule has 0 N–H and O–H groups in total. The smallest absolute Gasteiger partial charge is 0.227 e. The number of hydrogen-bond donors (Lipinski definition) is 0. The lowest BCUT2D eigenvalue weighted by atomic mass is 10.1. The molecule has 2 heterocycles. The highest BCUT2D eigenvalue weighted by molar-refractivity contribution is 9.10. The van der Waals surface area contributed by atoms with E-state index in [-0.39, 0.29) is 11.8 Å². The van der Waals surface area contributed by atoms with Crippen LogP contribution in [0.3, 0.4) is 0 Å². The van der Waals surface area contributed by atoms with E-state index >= 15 is 0 Å². The van der Waals surface area contributed by atoms with Crippen molar-refractivity contribution in [2.75, 3.05) is 18.1 Å². The number of fused-ring (bicyclic) bond motifs is 1. The average Bonchev–Trinajstić information content (AvgIpc) is 3.38. The number of aryl methyl sites for hydroxylation is 1. The van der Waals surface area contributed by atoms with Crippen LogP contribution in [0.1, 0.15) is 29.3 Å². The number of hydrogen-bond acceptors (Lipinski definition) is 3. The SMILES string of the molecule is Cc1cccc(OCCn2c(C3CC(=O)N(c4ccc(Br)cc4)C3)nc3ccccc32)c1C. The molecule has 6 heteroatoms. The summed E-state index contributed by atoms with van der Waals surface area (Å²) in [5.74, 6) is 2.04. The van der Waals surface area contributed by atoms with Crippen molar-refractivity contribution in [1.82, 2.24) is 9.55 Å². The van der Waals surface area contributed by atoms with Gasteiger partial charge in [0.15, 0.2) is 0 Å². The molecule has 1 aliphatic heterocycles. The number of aromatic nitrogens is 2. The van der Waals surface area contributed by atoms with Crippen molar-refractivity contribution in [1.29, 1.82) is 0 Å². The molecule has 1 aliphatic rings. The van der Waals surface area contributed by atoms with Gasteiger partial charge in [0.25, 0.3) is 0 Å². The number of imidazole rings is 1. The van der Waals surface area contributed by atoms with Crippen molar-refractivity contribution >= 4 is 38.6 Å². The Kier molecular flexibility index (Phi) is 5.94. The van der Waals surface area contributed by atoms with Gasteiger partial charge in [0.2, 0.25) is 5.91 Å². The number of para-hydroxylation sites is 2. The van der Waals surface area contributed by atoms with Gasteiger partial charge in [-0.1, -0.05) is 40.2 Å². The zero-order chi connectivity index (χ0) is 22.9. The Morgan fingerprint density at radius 2 is 1.82 bits per heavy atom. The normalized spacial score (nSPS) is 16.0. The number of benzene rings is 3. The molecule has 33 heavy (non-hydrogen) atoms. The van der Waals surface area contributed by atoms with Gasteiger partial charge in [-0.05, 0) is 67.4 Å². The third kappa shape index (κ3) is 4.27. The van der Waals surface area contributed by atoms with Crippen molar-refractivity contribution in [2.45, 2.75) is 32.7 Å². The van der Waals surface area contributed by atoms with Crippen LogP contribution >= 0.6 is 15.9 Å². The molecule has 168 valence electrons. The first kappa shape index (κ1) is 21.7. The van der Waals surface area contributed by atoms with Crippen LogP contribution in [0.5, 0.6) is 5.75 Å². The molecule has 1 saturated heterocycles. The van der Waals surface area contributed by atoms with Gasteiger partial charge in [-0.25, -0.2) is 4.98 Å². The van der Waals surface area contributed by atoms with Crippen molar-refractivity contribution in [3.05, 3.63) is 88.2 Å². The first-order valence-corrected chi connectivity index (χ1v) is 12.0. The number of ether oxygens (including phenoxy) is 1. The molecule has 5 nitrogen and oxygen atoms in total. The van der Waals surface area contributed by atoms with Crippen LogP contribution in [0, 0.1) is 13.8 Å². The molecule has 1 fully saturated rings. The summed E-state index contributed by atoms with van der Waals surface area (Å²) in [5, 5.41) is 0. The molecule has 5 rings (SSSR count). The number of carbonyl (C=O) groups excluding carboxylic acids is 1. The molecule has 3 aromatic carbocycles. The Labute approximate surface area is 202 Å². The second-order valence-electron chi connectivity index (χ2n) is 8.54. The second-order valence-corrected chi connectivity index (χ2v) is 9.45. The molecule has 0 aliphatic carbocycles. The summed E-state index contributed by atoms with van der Waals surface area (Å²) in [5.41, 5.74) is 5.34. The fraction of sp³-hybridized carbons (Fsp3) is 0.259. The molecule has 0 saturated carbocycles. The molecule has 0 bridgehead atoms. The summed E-state index contributed by atoms with van der Waals surface area (Å²) in [7, 11) is 0. The van der Waals surface area contributed by atoms with Crippen LogP contribution in [0.15, 0.2) is 71.2 Å². The van der Waals surface area contributed by atoms with E-state index in [4.69, 9.17) is 9.72 Å². The minimum Gasteiger partial charge on any atom is -0.491 e. The summed E-state index contributed by atoms with van der Waals surface area (Å²) in [4.78, 5) is 19.7. The number of anilines is 1. The molecule has 0 spiro atoms. The van der Waals surface area contributed by atoms with Crippen molar-refractivity contribution in [3.63, 3.8) is 0 Å². The summed E-state index contributed by atoms with van der Waals surface area (Å²) in [6.45, 7) is 6.02. The van der Waals surface area contributed by atoms with Crippen LogP contribution in [0.25, 0.3) is 11.0 Å². The molecule has 1 atom stereocenters. The molecule has 1 aromatic heterocycles. The lowest BCUT2D eigenvalue weighted by molar-refractivity contribution is -0.117. The van der Waals surface area contributed by atoms with Crippen molar-refractivity contribution in [2.24, 2.45) is 0 Å². The van der Waals surface area contributed by atoms with Crippen molar-refractivity contribution in [3.8, 4) is 5.75 Å². The van der Waals surface area contributed by atoms with Gasteiger partial charge >= 0.3 is 0 Å². The second kappa shape index (κ2) is 9.02. The van der Waals surface area contributed by atoms with Crippen LogP contribution in [-0.2, 0) is 11.3 Å². The molecule has 1 unspecified atom stereocenters. The Morgan fingerprint density at radius 1 is 1.03 bits per heavy atom. The van der Waals surface area contributed by atoms with E-state index in [9.17, 15) is 4.79 Å². The number of nitrogens with zero attached hydrogens (tertiary/aromatic N) is 3. The highest BCUT2D eigenvalue weighted by Gasteiger charge is 2.34. The van der Waals surface area contributed by atoms with Gasteiger partial charge < -0.3 is 14.2 Å². The Balaban J connectivity index is 1.40. The van der Waals surface area contributed by atoms with E-state index in [1.165, 1.54) is 11.1 Å². The molecule has 4 aromatic rings. The summed E-state index contributed by atoms with van der Waals surface area (Å²) in [6, 6.07) is 22.2. The predicted molar refractivity (Wildman–Crippen MR) is 135 cm³/mol. The van der Waals surface area contributed by atoms with Crippen LogP contribution in [0.2, 0.25) is 0 Å². The first-order valence-electron chi connectivity index (χ1n) is 11.2. The maximum atomic E-state index is 12.9. The fourth-order valence-electron chi connectivity index (χ4n) is 4.52. The zero-order valence-corrected chi connectivity index (χ0v) is 20.4. The highest BCUT2D eigenvalue weighted by Crippen LogP contribution is 2.33. The zero-order valence-electron chi connectivity index (χ0n) is 18.8. The van der Waals surface area contributed by atoms with Crippen LogP contribution in [0.4, 0.5) is 5.69 Å². The van der Waals surface area contributed by atoms with E-state index in [1.54, 1.807) is 0 Å². The van der Waals surface area contributed by atoms with Crippen LogP contribution < -0.4 is 9.64 Å². The maximum Gasteiger partial charge on any atom is 0.227 e. The van der Waals surface area contributed by atoms with Gasteiger partial charge in [0, 0.05) is 29.0 Å². The summed E-state index contributed by atoms with van der Waals surface area (Å²) >= 11 is 3.47. The standard InChI is InChI=1S/C27H26BrN3O2/c1-18-6-5-9-25(19(18)2)33-15-14-30-24-8-4-3-7-23(24)29-27(30)20-16-26(32)31(17-20)22-12-10-21(28)11-13-22/h3-13,20H,14-17H2,1-2H3. The fourth-order valence-corrected chi connectivity index (χ4v) is 4.78. The van der Waals surface area contributed by atoms with E-state index in [0.29, 0.717) is 26.1 Å². The maximum absolute atomic E-state index is 12.9. The molecular formula is C27H26BrN3O2. The molecule has 0 radical (unpaired) electrons. The first-order chi connectivity index (χ1) is 16.0. The Hall–Kier alpha value is -3.12. The quantitative estimate of drug-likeness (QED) is 0.323. The van der Waals surface area contributed by atoms with Gasteiger partial charge in [0.1, 0.15) is 18.2 Å². The van der Waals surface area contributed by atoms with Gasteiger partial charge in [-0.3, -0.25) is 4.79 Å². The lowest BCUT2D eigenvalue weighted by Gasteiger charge is -2.18. The van der Waals surface area contributed by atoms with Gasteiger partial charge in [-0.15, -0.1) is 0 Å². The van der Waals surface area contributed by atoms with E-state index in [1.807, 2.05) is 59.5 Å². The number of carbonyl (C=O) groups is 1. The third-order valence-corrected chi connectivity index (χ3v) is 6.97. The number of amides is 1. The summed E-state index contributed by atoms with van der Waals surface area (Å²) < 4.78 is 9.38. The third-order valence-electron chi connectivity index (χ3n) is 6.44. The van der Waals surface area contributed by atoms with E-state index in [0.717, 1.165) is 32.8 Å². The lowest BCUT2D eigenvalue weighted by Crippen LogP contribution is -2.24. The van der Waals surface area contributed by atoms with E-state index < -0.39 is 0 Å². The number of rotatable bonds is 6. The number of halogens is 1. The average molecular weight is 504 g/mol. The monoisotopic (exact) mass is 503 g/mol. The highest BCUT2D eigenvalue weighted by atomic mass is 79.9. The molecular weight excluding hydrogens is 478 g/mol. The Bertz CT molecular complexity index is 1310. The largest absolute Gasteiger partial charge is 0.491 e. The van der Waals surface area contributed by atoms with Crippen LogP contribution in [-0.4, -0.2) is 28.6 Å². The van der Waals surface area contributed by atoms with Gasteiger partial charge in [-0.2, -0.15) is 0 Å².